The first-order valence-corrected chi connectivity index (χ1v) is 5.33. The van der Waals surface area contributed by atoms with Crippen molar-refractivity contribution in [1.29, 1.82) is 0 Å². The molecule has 1 aromatic rings. The van der Waals surface area contributed by atoms with Gasteiger partial charge in [-0.2, -0.15) is 0 Å². The average Bonchev–Trinajstić information content (AvgIpc) is 2.22. The van der Waals surface area contributed by atoms with Crippen LogP contribution in [0.3, 0.4) is 0 Å². The van der Waals surface area contributed by atoms with Gasteiger partial charge >= 0.3 is 0 Å². The highest BCUT2D eigenvalue weighted by Gasteiger charge is 2.19. The lowest BCUT2D eigenvalue weighted by Crippen LogP contribution is -2.37. The minimum absolute atomic E-state index is 0.0576. The Labute approximate surface area is 89.3 Å². The zero-order valence-electron chi connectivity index (χ0n) is 9.02. The maximum Gasteiger partial charge on any atom is 0.273 e. The number of nitrogen functional groups attached to an aromatic ring is 1. The van der Waals surface area contributed by atoms with E-state index in [9.17, 15) is 4.79 Å². The third-order valence-corrected chi connectivity index (χ3v) is 3.00. The number of rotatable bonds is 1. The van der Waals surface area contributed by atoms with Crippen molar-refractivity contribution in [2.45, 2.75) is 18.9 Å². The number of likely N-dealkylation sites (N-methyl/N-ethyl adjacent to an activating group) is 1. The molecular weight excluding hydrogens is 190 g/mol. The molecule has 0 aliphatic carbocycles. The van der Waals surface area contributed by atoms with Crippen molar-refractivity contribution in [3.63, 3.8) is 0 Å². The highest BCUT2D eigenvalue weighted by atomic mass is 16.1. The smallest absolute Gasteiger partial charge is 0.273 e. The standard InChI is InChI=1S/C11H17N3O/c1-13-6-2-4-9(8-13)14-7-3-5-10(12)11(14)15/h3,5,7,9H,2,4,6,8,12H2,1H3. The molecule has 1 saturated heterocycles. The van der Waals surface area contributed by atoms with Gasteiger partial charge in [0.1, 0.15) is 0 Å². The Hall–Kier alpha value is -1.29. The lowest BCUT2D eigenvalue weighted by Gasteiger charge is -2.30. The first-order chi connectivity index (χ1) is 7.18. The van der Waals surface area contributed by atoms with Crippen molar-refractivity contribution >= 4 is 5.69 Å². The summed E-state index contributed by atoms with van der Waals surface area (Å²) in [7, 11) is 2.09. The second-order valence-electron chi connectivity index (χ2n) is 4.23. The number of anilines is 1. The van der Waals surface area contributed by atoms with E-state index in [0.717, 1.165) is 25.9 Å². The lowest BCUT2D eigenvalue weighted by atomic mass is 10.1. The molecule has 0 aromatic carbocycles. The van der Waals surface area contributed by atoms with Crippen LogP contribution < -0.4 is 11.3 Å². The second kappa shape index (κ2) is 4.06. The summed E-state index contributed by atoms with van der Waals surface area (Å²) in [5.41, 5.74) is 5.90. The largest absolute Gasteiger partial charge is 0.394 e. The molecular formula is C11H17N3O. The Bertz CT molecular complexity index is 399. The highest BCUT2D eigenvalue weighted by Crippen LogP contribution is 2.18. The van der Waals surface area contributed by atoms with E-state index in [4.69, 9.17) is 5.73 Å². The van der Waals surface area contributed by atoms with Gasteiger partial charge in [-0.25, -0.2) is 0 Å². The van der Waals surface area contributed by atoms with E-state index in [-0.39, 0.29) is 11.6 Å². The summed E-state index contributed by atoms with van der Waals surface area (Å²) in [6, 6.07) is 3.77. The summed E-state index contributed by atoms with van der Waals surface area (Å²) < 4.78 is 1.77. The summed E-state index contributed by atoms with van der Waals surface area (Å²) in [5, 5.41) is 0. The molecule has 4 nitrogen and oxygen atoms in total. The number of nitrogens with zero attached hydrogens (tertiary/aromatic N) is 2. The second-order valence-corrected chi connectivity index (χ2v) is 4.23. The first kappa shape index (κ1) is 10.2. The Morgan fingerprint density at radius 3 is 3.07 bits per heavy atom. The number of aromatic nitrogens is 1. The zero-order valence-corrected chi connectivity index (χ0v) is 9.02. The van der Waals surface area contributed by atoms with Gasteiger partial charge in [-0.05, 0) is 38.6 Å². The molecule has 2 N–H and O–H groups in total. The normalized spacial score (nSPS) is 22.9. The maximum absolute atomic E-state index is 11.8. The van der Waals surface area contributed by atoms with Gasteiger partial charge in [-0.1, -0.05) is 0 Å². The van der Waals surface area contributed by atoms with Gasteiger partial charge in [-0.15, -0.1) is 0 Å². The first-order valence-electron chi connectivity index (χ1n) is 5.33. The summed E-state index contributed by atoms with van der Waals surface area (Å²) in [6.07, 6.45) is 4.04. The molecule has 2 rings (SSSR count). The maximum atomic E-state index is 11.8. The van der Waals surface area contributed by atoms with Crippen molar-refractivity contribution in [2.75, 3.05) is 25.9 Å². The van der Waals surface area contributed by atoms with Gasteiger partial charge in [-0.3, -0.25) is 4.79 Å². The van der Waals surface area contributed by atoms with Crippen LogP contribution >= 0.6 is 0 Å². The Balaban J connectivity index is 2.29. The van der Waals surface area contributed by atoms with Crippen LogP contribution in [0.2, 0.25) is 0 Å². The highest BCUT2D eigenvalue weighted by molar-refractivity contribution is 5.33. The Morgan fingerprint density at radius 1 is 1.53 bits per heavy atom. The SMILES string of the molecule is CN1CCCC(n2cccc(N)c2=O)C1. The van der Waals surface area contributed by atoms with Crippen molar-refractivity contribution in [3.8, 4) is 0 Å². The van der Waals surface area contributed by atoms with Crippen LogP contribution in [0.25, 0.3) is 0 Å². The van der Waals surface area contributed by atoms with Crippen LogP contribution in [0.1, 0.15) is 18.9 Å². The topological polar surface area (TPSA) is 51.3 Å². The van der Waals surface area contributed by atoms with Crippen molar-refractivity contribution < 1.29 is 0 Å². The molecule has 0 radical (unpaired) electrons. The Morgan fingerprint density at radius 2 is 2.33 bits per heavy atom. The quantitative estimate of drug-likeness (QED) is 0.737. The number of piperidine rings is 1. The summed E-state index contributed by atoms with van der Waals surface area (Å²) >= 11 is 0. The summed E-state index contributed by atoms with van der Waals surface area (Å²) in [4.78, 5) is 14.0. The van der Waals surface area contributed by atoms with Gasteiger partial charge in [0.05, 0.1) is 5.69 Å². The Kier molecular flexibility index (Phi) is 2.77. The van der Waals surface area contributed by atoms with E-state index in [1.807, 2.05) is 12.3 Å². The van der Waals surface area contributed by atoms with Gasteiger partial charge in [0.2, 0.25) is 0 Å². The summed E-state index contributed by atoms with van der Waals surface area (Å²) in [6.45, 7) is 2.05. The van der Waals surface area contributed by atoms with E-state index >= 15 is 0 Å². The van der Waals surface area contributed by atoms with E-state index in [1.165, 1.54) is 0 Å². The van der Waals surface area contributed by atoms with Crippen molar-refractivity contribution in [1.82, 2.24) is 9.47 Å². The van der Waals surface area contributed by atoms with Crippen LogP contribution in [-0.2, 0) is 0 Å². The molecule has 1 aliphatic heterocycles. The minimum atomic E-state index is -0.0576. The van der Waals surface area contributed by atoms with Crippen molar-refractivity contribution in [2.24, 2.45) is 0 Å². The molecule has 1 aromatic heterocycles. The number of likely N-dealkylation sites (tertiary alicyclic amines) is 1. The predicted molar refractivity (Wildman–Crippen MR) is 60.9 cm³/mol. The van der Waals surface area contributed by atoms with Crippen LogP contribution in [0.15, 0.2) is 23.1 Å². The molecule has 15 heavy (non-hydrogen) atoms. The van der Waals surface area contributed by atoms with Gasteiger partial charge < -0.3 is 15.2 Å². The van der Waals surface area contributed by atoms with Crippen LogP contribution in [0.4, 0.5) is 5.69 Å². The van der Waals surface area contributed by atoms with E-state index in [1.54, 1.807) is 10.6 Å². The monoisotopic (exact) mass is 207 g/mol. The molecule has 1 aliphatic rings. The van der Waals surface area contributed by atoms with Gasteiger partial charge in [0.15, 0.2) is 0 Å². The number of pyridine rings is 1. The molecule has 0 spiro atoms. The fourth-order valence-electron chi connectivity index (χ4n) is 2.18. The van der Waals surface area contributed by atoms with Crippen LogP contribution in [0, 0.1) is 0 Å². The molecule has 1 atom stereocenters. The van der Waals surface area contributed by atoms with E-state index in [0.29, 0.717) is 5.69 Å². The van der Waals surface area contributed by atoms with Crippen molar-refractivity contribution in [3.05, 3.63) is 28.7 Å². The van der Waals surface area contributed by atoms with Gasteiger partial charge in [0.25, 0.3) is 5.56 Å². The average molecular weight is 207 g/mol. The van der Waals surface area contributed by atoms with Crippen LogP contribution in [-0.4, -0.2) is 29.6 Å². The van der Waals surface area contributed by atoms with Gasteiger partial charge in [0, 0.05) is 18.8 Å². The lowest BCUT2D eigenvalue weighted by molar-refractivity contribution is 0.209. The molecule has 0 amide bonds. The fraction of sp³-hybridized carbons (Fsp3) is 0.545. The molecule has 1 unspecified atom stereocenters. The molecule has 1 fully saturated rings. The number of hydrogen-bond donors (Lipinski definition) is 1. The minimum Gasteiger partial charge on any atom is -0.394 e. The zero-order chi connectivity index (χ0) is 10.8. The van der Waals surface area contributed by atoms with E-state index in [2.05, 4.69) is 11.9 Å². The molecule has 0 saturated carbocycles. The fourth-order valence-corrected chi connectivity index (χ4v) is 2.18. The molecule has 82 valence electrons. The molecule has 4 heteroatoms. The molecule has 2 heterocycles. The summed E-state index contributed by atoms with van der Waals surface area (Å²) in [5.74, 6) is 0. The van der Waals surface area contributed by atoms with E-state index < -0.39 is 0 Å². The third-order valence-electron chi connectivity index (χ3n) is 3.00. The number of hydrogen-bond acceptors (Lipinski definition) is 3. The third kappa shape index (κ3) is 2.04. The molecule has 0 bridgehead atoms. The van der Waals surface area contributed by atoms with Crippen LogP contribution in [0.5, 0.6) is 0 Å². The predicted octanol–water partition coefficient (Wildman–Crippen LogP) is 0.697. The number of nitrogens with two attached hydrogens (primary N) is 1.